The fraction of sp³-hybridized carbons (Fsp3) is 0.438. The molecule has 2 aromatic rings. The van der Waals surface area contributed by atoms with Crippen molar-refractivity contribution in [1.29, 1.82) is 0 Å². The van der Waals surface area contributed by atoms with E-state index in [4.69, 9.17) is 4.52 Å². The van der Waals surface area contributed by atoms with Crippen LogP contribution in [0, 0.1) is 12.3 Å². The highest BCUT2D eigenvalue weighted by Gasteiger charge is 2.26. The maximum atomic E-state index is 12.1. The third-order valence-electron chi connectivity index (χ3n) is 3.21. The Kier molecular flexibility index (Phi) is 4.11. The third-order valence-corrected chi connectivity index (χ3v) is 3.21. The highest BCUT2D eigenvalue weighted by molar-refractivity contribution is 5.81. The van der Waals surface area contributed by atoms with Crippen LogP contribution >= 0.6 is 0 Å². The minimum absolute atomic E-state index is 0.0399. The predicted molar refractivity (Wildman–Crippen MR) is 80.4 cm³/mol. The molecule has 2 rings (SSSR count). The molecule has 0 aliphatic rings. The molecule has 0 radical (unpaired) electrons. The van der Waals surface area contributed by atoms with E-state index in [2.05, 4.69) is 10.1 Å². The van der Waals surface area contributed by atoms with Crippen molar-refractivity contribution in [2.24, 2.45) is 5.41 Å². The number of aromatic nitrogens is 2. The average Bonchev–Trinajstić information content (AvgIpc) is 2.85. The number of hydrogen-bond acceptors (Lipinski definition) is 4. The predicted octanol–water partition coefficient (Wildman–Crippen LogP) is 3.05. The van der Waals surface area contributed by atoms with Crippen molar-refractivity contribution in [2.45, 2.75) is 34.2 Å². The highest BCUT2D eigenvalue weighted by Crippen LogP contribution is 2.21. The summed E-state index contributed by atoms with van der Waals surface area (Å²) in [6.45, 7) is 7.98. The van der Waals surface area contributed by atoms with Gasteiger partial charge < -0.3 is 9.42 Å². The monoisotopic (exact) mass is 287 g/mol. The second-order valence-electron chi connectivity index (χ2n) is 6.24. The van der Waals surface area contributed by atoms with Crippen LogP contribution in [0.2, 0.25) is 0 Å². The molecule has 0 aliphatic heterocycles. The van der Waals surface area contributed by atoms with Gasteiger partial charge in [-0.1, -0.05) is 50.2 Å². The molecule has 0 atom stereocenters. The quantitative estimate of drug-likeness (QED) is 0.870. The van der Waals surface area contributed by atoms with Crippen molar-refractivity contribution in [1.82, 2.24) is 15.0 Å². The van der Waals surface area contributed by atoms with E-state index >= 15 is 0 Å². The van der Waals surface area contributed by atoms with E-state index in [1.54, 1.807) is 11.9 Å². The van der Waals surface area contributed by atoms with E-state index in [1.807, 2.05) is 52.0 Å². The first-order valence-electron chi connectivity index (χ1n) is 6.93. The topological polar surface area (TPSA) is 59.2 Å². The normalized spacial score (nSPS) is 11.5. The van der Waals surface area contributed by atoms with Gasteiger partial charge in [0, 0.05) is 18.0 Å². The van der Waals surface area contributed by atoms with Gasteiger partial charge in [-0.15, -0.1) is 0 Å². The molecule has 112 valence electrons. The molecule has 5 heteroatoms. The molecule has 21 heavy (non-hydrogen) atoms. The molecule has 1 amide bonds. The van der Waals surface area contributed by atoms with Crippen LogP contribution in [-0.4, -0.2) is 28.0 Å². The van der Waals surface area contributed by atoms with Crippen LogP contribution in [0.4, 0.5) is 0 Å². The SMILES string of the molecule is Cc1ccccc1-c1noc(CN(C)C(=O)C(C)(C)C)n1. The largest absolute Gasteiger partial charge is 0.337 e. The van der Waals surface area contributed by atoms with E-state index in [0.29, 0.717) is 18.3 Å². The minimum Gasteiger partial charge on any atom is -0.337 e. The Morgan fingerprint density at radius 1 is 1.29 bits per heavy atom. The van der Waals surface area contributed by atoms with Crippen molar-refractivity contribution >= 4 is 5.91 Å². The lowest BCUT2D eigenvalue weighted by Crippen LogP contribution is -2.36. The molecule has 0 fully saturated rings. The molecule has 0 aliphatic carbocycles. The van der Waals surface area contributed by atoms with Crippen molar-refractivity contribution in [3.05, 3.63) is 35.7 Å². The van der Waals surface area contributed by atoms with Crippen LogP contribution in [0.15, 0.2) is 28.8 Å². The standard InChI is InChI=1S/C16H21N3O2/c1-11-8-6-7-9-12(11)14-17-13(21-18-14)10-19(5)15(20)16(2,3)4/h6-9H,10H2,1-5H3. The van der Waals surface area contributed by atoms with Gasteiger partial charge in [-0.2, -0.15) is 4.98 Å². The number of carbonyl (C=O) groups is 1. The summed E-state index contributed by atoms with van der Waals surface area (Å²) in [6.07, 6.45) is 0. The number of aryl methyl sites for hydroxylation is 1. The van der Waals surface area contributed by atoms with Crippen molar-refractivity contribution in [2.75, 3.05) is 7.05 Å². The van der Waals surface area contributed by atoms with Crippen LogP contribution in [0.3, 0.4) is 0 Å². The lowest BCUT2D eigenvalue weighted by atomic mass is 9.95. The zero-order chi connectivity index (χ0) is 15.6. The summed E-state index contributed by atoms with van der Waals surface area (Å²) < 4.78 is 5.25. The molecule has 0 saturated carbocycles. The van der Waals surface area contributed by atoms with Gasteiger partial charge in [-0.3, -0.25) is 4.79 Å². The Morgan fingerprint density at radius 3 is 2.57 bits per heavy atom. The molecule has 0 spiro atoms. The lowest BCUT2D eigenvalue weighted by Gasteiger charge is -2.24. The lowest BCUT2D eigenvalue weighted by molar-refractivity contribution is -0.138. The van der Waals surface area contributed by atoms with Crippen LogP contribution in [0.25, 0.3) is 11.4 Å². The summed E-state index contributed by atoms with van der Waals surface area (Å²) in [6, 6.07) is 7.86. The number of hydrogen-bond donors (Lipinski definition) is 0. The Balaban J connectivity index is 2.15. The maximum Gasteiger partial charge on any atom is 0.246 e. The van der Waals surface area contributed by atoms with Crippen molar-refractivity contribution < 1.29 is 9.32 Å². The van der Waals surface area contributed by atoms with Gasteiger partial charge in [-0.05, 0) is 12.5 Å². The van der Waals surface area contributed by atoms with Gasteiger partial charge in [0.15, 0.2) is 0 Å². The average molecular weight is 287 g/mol. The molecule has 0 N–H and O–H groups in total. The Hall–Kier alpha value is -2.17. The summed E-state index contributed by atoms with van der Waals surface area (Å²) in [5, 5.41) is 4.00. The summed E-state index contributed by atoms with van der Waals surface area (Å²) in [4.78, 5) is 18.1. The van der Waals surface area contributed by atoms with Gasteiger partial charge in [0.25, 0.3) is 0 Å². The van der Waals surface area contributed by atoms with Gasteiger partial charge >= 0.3 is 0 Å². The second kappa shape index (κ2) is 5.68. The fourth-order valence-corrected chi connectivity index (χ4v) is 2.10. The molecule has 5 nitrogen and oxygen atoms in total. The van der Waals surface area contributed by atoms with Crippen LogP contribution in [-0.2, 0) is 11.3 Å². The zero-order valence-corrected chi connectivity index (χ0v) is 13.2. The molecule has 1 aromatic carbocycles. The number of nitrogens with zero attached hydrogens (tertiary/aromatic N) is 3. The van der Waals surface area contributed by atoms with E-state index in [-0.39, 0.29) is 5.91 Å². The molecule has 1 aromatic heterocycles. The fourth-order valence-electron chi connectivity index (χ4n) is 2.10. The van der Waals surface area contributed by atoms with Crippen LogP contribution in [0.5, 0.6) is 0 Å². The second-order valence-corrected chi connectivity index (χ2v) is 6.24. The summed E-state index contributed by atoms with van der Waals surface area (Å²) in [5.74, 6) is 1.03. The first-order valence-corrected chi connectivity index (χ1v) is 6.93. The number of benzene rings is 1. The molecule has 0 bridgehead atoms. The summed E-state index contributed by atoms with van der Waals surface area (Å²) in [5.41, 5.74) is 1.61. The van der Waals surface area contributed by atoms with Crippen molar-refractivity contribution in [3.63, 3.8) is 0 Å². The van der Waals surface area contributed by atoms with E-state index in [0.717, 1.165) is 11.1 Å². The molecule has 0 saturated heterocycles. The first-order chi connectivity index (χ1) is 9.79. The maximum absolute atomic E-state index is 12.1. The smallest absolute Gasteiger partial charge is 0.246 e. The Labute approximate surface area is 125 Å². The third kappa shape index (κ3) is 3.48. The van der Waals surface area contributed by atoms with Gasteiger partial charge in [0.2, 0.25) is 17.6 Å². The molecule has 0 unspecified atom stereocenters. The van der Waals surface area contributed by atoms with E-state index in [9.17, 15) is 4.79 Å². The summed E-state index contributed by atoms with van der Waals surface area (Å²) >= 11 is 0. The van der Waals surface area contributed by atoms with E-state index < -0.39 is 5.41 Å². The number of rotatable bonds is 3. The Bertz CT molecular complexity index is 641. The van der Waals surface area contributed by atoms with Crippen molar-refractivity contribution in [3.8, 4) is 11.4 Å². The molecular weight excluding hydrogens is 266 g/mol. The zero-order valence-electron chi connectivity index (χ0n) is 13.2. The number of amides is 1. The summed E-state index contributed by atoms with van der Waals surface area (Å²) in [7, 11) is 1.74. The molecular formula is C16H21N3O2. The van der Waals surface area contributed by atoms with Gasteiger partial charge in [0.05, 0.1) is 6.54 Å². The van der Waals surface area contributed by atoms with Gasteiger partial charge in [0.1, 0.15) is 0 Å². The van der Waals surface area contributed by atoms with E-state index in [1.165, 1.54) is 0 Å². The highest BCUT2D eigenvalue weighted by atomic mass is 16.5. The van der Waals surface area contributed by atoms with Crippen LogP contribution < -0.4 is 0 Å². The Morgan fingerprint density at radius 2 is 1.95 bits per heavy atom. The molecule has 1 heterocycles. The van der Waals surface area contributed by atoms with Gasteiger partial charge in [-0.25, -0.2) is 0 Å². The first kappa shape index (κ1) is 15.2. The number of carbonyl (C=O) groups excluding carboxylic acids is 1. The minimum atomic E-state index is -0.423. The van der Waals surface area contributed by atoms with Crippen LogP contribution in [0.1, 0.15) is 32.2 Å².